The predicted octanol–water partition coefficient (Wildman–Crippen LogP) is 1.24. The van der Waals surface area contributed by atoms with Crippen molar-refractivity contribution in [1.29, 1.82) is 0 Å². The maximum Gasteiger partial charge on any atom is 0.351 e. The molecule has 0 amide bonds. The van der Waals surface area contributed by atoms with Gasteiger partial charge in [-0.05, 0) is 0 Å². The summed E-state index contributed by atoms with van der Waals surface area (Å²) in [4.78, 5) is 9.77. The Morgan fingerprint density at radius 3 is 2.65 bits per heavy atom. The number of benzene rings is 1. The van der Waals surface area contributed by atoms with Gasteiger partial charge < -0.3 is 15.2 Å². The minimum Gasteiger partial charge on any atom is -0.369 e. The summed E-state index contributed by atoms with van der Waals surface area (Å²) in [5.74, 6) is 0.809. The van der Waals surface area contributed by atoms with Crippen molar-refractivity contribution in [2.24, 2.45) is 10.7 Å². The number of hydrogen-bond donors (Lipinski definition) is 1. The number of aromatic nitrogens is 2. The largest absolute Gasteiger partial charge is 0.369 e. The molecule has 0 aliphatic rings. The van der Waals surface area contributed by atoms with Crippen molar-refractivity contribution in [3.8, 4) is 11.4 Å². The molecule has 6 heteroatoms. The van der Waals surface area contributed by atoms with Gasteiger partial charge >= 0.3 is 6.01 Å². The van der Waals surface area contributed by atoms with Crippen LogP contribution in [0.4, 0.5) is 6.01 Å². The SMILES string of the molecule is CN(C)/C(N)=N/c1nc(-c2ccccc2)no1. The Morgan fingerprint density at radius 2 is 2.00 bits per heavy atom. The van der Waals surface area contributed by atoms with Gasteiger partial charge in [0.1, 0.15) is 0 Å². The molecule has 1 aromatic carbocycles. The van der Waals surface area contributed by atoms with Gasteiger partial charge in [0.2, 0.25) is 5.82 Å². The summed E-state index contributed by atoms with van der Waals surface area (Å²) < 4.78 is 4.98. The molecule has 2 N–H and O–H groups in total. The molecule has 2 aromatic rings. The fraction of sp³-hybridized carbons (Fsp3) is 0.182. The zero-order valence-corrected chi connectivity index (χ0v) is 9.66. The number of nitrogens with two attached hydrogens (primary N) is 1. The Bertz CT molecular complexity index is 518. The van der Waals surface area contributed by atoms with Crippen LogP contribution in [0, 0.1) is 0 Å². The fourth-order valence-corrected chi connectivity index (χ4v) is 1.16. The third kappa shape index (κ3) is 2.60. The van der Waals surface area contributed by atoms with Crippen molar-refractivity contribution >= 4 is 12.0 Å². The number of hydrogen-bond acceptors (Lipinski definition) is 4. The van der Waals surface area contributed by atoms with Gasteiger partial charge in [-0.3, -0.25) is 0 Å². The normalized spacial score (nSPS) is 11.5. The Hall–Kier alpha value is -2.37. The average Bonchev–Trinajstić information content (AvgIpc) is 2.78. The van der Waals surface area contributed by atoms with Crippen molar-refractivity contribution in [2.75, 3.05) is 14.1 Å². The van der Waals surface area contributed by atoms with Gasteiger partial charge in [-0.1, -0.05) is 35.5 Å². The van der Waals surface area contributed by atoms with E-state index in [0.717, 1.165) is 5.56 Å². The summed E-state index contributed by atoms with van der Waals surface area (Å²) in [5, 5.41) is 3.83. The summed E-state index contributed by atoms with van der Waals surface area (Å²) >= 11 is 0. The van der Waals surface area contributed by atoms with Crippen LogP contribution in [0.1, 0.15) is 0 Å². The topological polar surface area (TPSA) is 80.5 Å². The molecule has 0 bridgehead atoms. The molecular formula is C11H13N5O. The van der Waals surface area contributed by atoms with E-state index in [9.17, 15) is 0 Å². The van der Waals surface area contributed by atoms with Crippen molar-refractivity contribution in [1.82, 2.24) is 15.0 Å². The zero-order valence-electron chi connectivity index (χ0n) is 9.66. The Kier molecular flexibility index (Phi) is 3.04. The van der Waals surface area contributed by atoms with E-state index in [2.05, 4.69) is 15.1 Å². The molecule has 0 radical (unpaired) electrons. The molecule has 1 heterocycles. The highest BCUT2D eigenvalue weighted by Crippen LogP contribution is 2.18. The molecule has 17 heavy (non-hydrogen) atoms. The summed E-state index contributed by atoms with van der Waals surface area (Å²) in [7, 11) is 3.57. The third-order valence-electron chi connectivity index (χ3n) is 2.12. The zero-order chi connectivity index (χ0) is 12.3. The number of nitrogens with zero attached hydrogens (tertiary/aromatic N) is 4. The summed E-state index contributed by atoms with van der Waals surface area (Å²) in [6, 6.07) is 9.68. The van der Waals surface area contributed by atoms with Gasteiger partial charge in [0.25, 0.3) is 0 Å². The molecule has 1 aromatic heterocycles. The van der Waals surface area contributed by atoms with Gasteiger partial charge in [-0.15, -0.1) is 0 Å². The highest BCUT2D eigenvalue weighted by molar-refractivity contribution is 5.79. The summed E-state index contributed by atoms with van der Waals surface area (Å²) in [6.45, 7) is 0. The Balaban J connectivity index is 2.26. The second-order valence-electron chi connectivity index (χ2n) is 3.63. The lowest BCUT2D eigenvalue weighted by atomic mass is 10.2. The molecule has 0 fully saturated rings. The monoisotopic (exact) mass is 231 g/mol. The van der Waals surface area contributed by atoms with E-state index in [0.29, 0.717) is 11.8 Å². The average molecular weight is 231 g/mol. The van der Waals surface area contributed by atoms with E-state index in [4.69, 9.17) is 10.3 Å². The minimum atomic E-state index is 0.148. The van der Waals surface area contributed by atoms with Crippen molar-refractivity contribution in [2.45, 2.75) is 0 Å². The molecule has 0 atom stereocenters. The Morgan fingerprint density at radius 1 is 1.29 bits per heavy atom. The lowest BCUT2D eigenvalue weighted by Crippen LogP contribution is -2.29. The maximum atomic E-state index is 5.64. The van der Waals surface area contributed by atoms with Crippen LogP contribution in [0.2, 0.25) is 0 Å². The highest BCUT2D eigenvalue weighted by Gasteiger charge is 2.07. The maximum absolute atomic E-state index is 5.64. The van der Waals surface area contributed by atoms with Gasteiger partial charge in [0, 0.05) is 19.7 Å². The fourth-order valence-electron chi connectivity index (χ4n) is 1.16. The van der Waals surface area contributed by atoms with Crippen LogP contribution < -0.4 is 5.73 Å². The molecule has 88 valence electrons. The van der Waals surface area contributed by atoms with Crippen molar-refractivity contribution in [3.63, 3.8) is 0 Å². The molecular weight excluding hydrogens is 218 g/mol. The summed E-state index contributed by atoms with van der Waals surface area (Å²) in [6.07, 6.45) is 0. The van der Waals surface area contributed by atoms with E-state index in [-0.39, 0.29) is 6.01 Å². The number of guanidine groups is 1. The van der Waals surface area contributed by atoms with Crippen LogP contribution in [0.3, 0.4) is 0 Å². The van der Waals surface area contributed by atoms with Gasteiger partial charge in [0.15, 0.2) is 5.96 Å². The van der Waals surface area contributed by atoms with Crippen LogP contribution in [0.25, 0.3) is 11.4 Å². The number of rotatable bonds is 2. The van der Waals surface area contributed by atoms with E-state index >= 15 is 0 Å². The van der Waals surface area contributed by atoms with E-state index in [1.54, 1.807) is 19.0 Å². The highest BCUT2D eigenvalue weighted by atomic mass is 16.5. The standard InChI is InChI=1S/C11H13N5O/c1-16(2)10(12)14-11-13-9(15-17-11)8-6-4-3-5-7-8/h3-7H,1-2H3,(H2,12,13,14,15). The van der Waals surface area contributed by atoms with Gasteiger partial charge in [-0.2, -0.15) is 9.98 Å². The van der Waals surface area contributed by atoms with Crippen LogP contribution in [-0.4, -0.2) is 35.1 Å². The molecule has 6 nitrogen and oxygen atoms in total. The molecule has 0 saturated heterocycles. The third-order valence-corrected chi connectivity index (χ3v) is 2.12. The quantitative estimate of drug-likeness (QED) is 0.621. The van der Waals surface area contributed by atoms with E-state index < -0.39 is 0 Å². The van der Waals surface area contributed by atoms with Crippen molar-refractivity contribution < 1.29 is 4.52 Å². The van der Waals surface area contributed by atoms with E-state index in [1.807, 2.05) is 30.3 Å². The molecule has 0 unspecified atom stereocenters. The lowest BCUT2D eigenvalue weighted by molar-refractivity contribution is 0.428. The van der Waals surface area contributed by atoms with Gasteiger partial charge in [-0.25, -0.2) is 0 Å². The smallest absolute Gasteiger partial charge is 0.351 e. The second kappa shape index (κ2) is 4.65. The molecule has 2 rings (SSSR count). The van der Waals surface area contributed by atoms with Crippen LogP contribution in [0.5, 0.6) is 0 Å². The summed E-state index contributed by atoms with van der Waals surface area (Å²) in [5.41, 5.74) is 6.52. The predicted molar refractivity (Wildman–Crippen MR) is 64.7 cm³/mol. The first kappa shape index (κ1) is 11.1. The van der Waals surface area contributed by atoms with Crippen LogP contribution in [0.15, 0.2) is 39.8 Å². The van der Waals surface area contributed by atoms with E-state index in [1.165, 1.54) is 0 Å². The molecule has 0 aliphatic carbocycles. The van der Waals surface area contributed by atoms with Crippen LogP contribution in [-0.2, 0) is 0 Å². The minimum absolute atomic E-state index is 0.148. The first-order valence-corrected chi connectivity index (χ1v) is 5.07. The Labute approximate surface area is 98.8 Å². The molecule has 0 saturated carbocycles. The number of aliphatic imine (C=N–C) groups is 1. The van der Waals surface area contributed by atoms with Crippen molar-refractivity contribution in [3.05, 3.63) is 30.3 Å². The lowest BCUT2D eigenvalue weighted by Gasteiger charge is -2.08. The van der Waals surface area contributed by atoms with Crippen LogP contribution >= 0.6 is 0 Å². The molecule has 0 aliphatic heterocycles. The second-order valence-corrected chi connectivity index (χ2v) is 3.63. The van der Waals surface area contributed by atoms with Gasteiger partial charge in [0.05, 0.1) is 0 Å². The first-order valence-electron chi connectivity index (χ1n) is 5.07. The molecule has 0 spiro atoms. The first-order chi connectivity index (χ1) is 8.16.